The molecule has 0 saturated carbocycles. The first-order chi connectivity index (χ1) is 11.2. The molecule has 2 aromatic carbocycles. The van der Waals surface area contributed by atoms with Gasteiger partial charge in [-0.15, -0.1) is 0 Å². The quantitative estimate of drug-likeness (QED) is 0.769. The molecule has 0 bridgehead atoms. The molecule has 0 atom stereocenters. The molecule has 0 heterocycles. The molecule has 23 heavy (non-hydrogen) atoms. The number of amides is 2. The Labute approximate surface area is 134 Å². The highest BCUT2D eigenvalue weighted by atomic mass is 19.1. The second-order valence-electron chi connectivity index (χ2n) is 4.62. The molecule has 0 fully saturated rings. The minimum Gasteiger partial charge on any atom is -0.494 e. The molecular weight excluding hydrogens is 299 g/mol. The van der Waals surface area contributed by atoms with Crippen molar-refractivity contribution >= 4 is 11.7 Å². The van der Waals surface area contributed by atoms with E-state index in [0.29, 0.717) is 12.3 Å². The summed E-state index contributed by atoms with van der Waals surface area (Å²) in [6, 6.07) is 12.8. The van der Waals surface area contributed by atoms with Crippen LogP contribution >= 0.6 is 0 Å². The first-order valence-electron chi connectivity index (χ1n) is 7.34. The van der Waals surface area contributed by atoms with E-state index in [0.717, 1.165) is 5.75 Å². The lowest BCUT2D eigenvalue weighted by Crippen LogP contribution is -2.32. The Morgan fingerprint density at radius 1 is 1.09 bits per heavy atom. The lowest BCUT2D eigenvalue weighted by Gasteiger charge is -2.10. The van der Waals surface area contributed by atoms with Crippen LogP contribution in [0.2, 0.25) is 0 Å². The number of benzene rings is 2. The summed E-state index contributed by atoms with van der Waals surface area (Å²) in [6.07, 6.45) is 0. The maximum atomic E-state index is 13.3. The molecule has 0 spiro atoms. The van der Waals surface area contributed by atoms with Gasteiger partial charge in [-0.25, -0.2) is 9.18 Å². The van der Waals surface area contributed by atoms with Crippen molar-refractivity contribution in [1.29, 1.82) is 0 Å². The van der Waals surface area contributed by atoms with Crippen LogP contribution in [0, 0.1) is 5.82 Å². The highest BCUT2D eigenvalue weighted by Crippen LogP contribution is 2.16. The van der Waals surface area contributed by atoms with Crippen molar-refractivity contribution in [3.05, 3.63) is 54.3 Å². The number of rotatable bonds is 7. The van der Waals surface area contributed by atoms with E-state index in [4.69, 9.17) is 9.47 Å². The third-order valence-electron chi connectivity index (χ3n) is 2.91. The van der Waals surface area contributed by atoms with Crippen LogP contribution in [-0.4, -0.2) is 25.8 Å². The number of hydrogen-bond acceptors (Lipinski definition) is 3. The lowest BCUT2D eigenvalue weighted by molar-refractivity contribution is 0.246. The highest BCUT2D eigenvalue weighted by molar-refractivity contribution is 5.89. The number of anilines is 1. The number of halogens is 1. The molecule has 2 rings (SSSR count). The van der Waals surface area contributed by atoms with Crippen LogP contribution in [0.3, 0.4) is 0 Å². The Bertz CT molecular complexity index is 632. The van der Waals surface area contributed by atoms with E-state index >= 15 is 0 Å². The summed E-state index contributed by atoms with van der Waals surface area (Å²) in [4.78, 5) is 11.7. The number of hydrogen-bond donors (Lipinski definition) is 2. The molecule has 2 aromatic rings. The van der Waals surface area contributed by atoms with Crippen molar-refractivity contribution in [2.45, 2.75) is 6.92 Å². The lowest BCUT2D eigenvalue weighted by atomic mass is 10.3. The van der Waals surface area contributed by atoms with E-state index in [1.54, 1.807) is 36.4 Å². The van der Waals surface area contributed by atoms with Crippen molar-refractivity contribution in [1.82, 2.24) is 5.32 Å². The van der Waals surface area contributed by atoms with Gasteiger partial charge in [0.1, 0.15) is 12.4 Å². The van der Waals surface area contributed by atoms with Crippen molar-refractivity contribution in [3.63, 3.8) is 0 Å². The van der Waals surface area contributed by atoms with Gasteiger partial charge in [0.2, 0.25) is 0 Å². The van der Waals surface area contributed by atoms with E-state index in [-0.39, 0.29) is 24.9 Å². The van der Waals surface area contributed by atoms with E-state index < -0.39 is 5.82 Å². The zero-order valence-corrected chi connectivity index (χ0v) is 12.8. The largest absolute Gasteiger partial charge is 0.494 e. The first kappa shape index (κ1) is 16.6. The van der Waals surface area contributed by atoms with Gasteiger partial charge in [0, 0.05) is 5.69 Å². The third kappa shape index (κ3) is 5.50. The van der Waals surface area contributed by atoms with Crippen molar-refractivity contribution in [2.75, 3.05) is 25.1 Å². The van der Waals surface area contributed by atoms with Gasteiger partial charge in [0.25, 0.3) is 0 Å². The van der Waals surface area contributed by atoms with E-state index in [9.17, 15) is 9.18 Å². The summed E-state index contributed by atoms with van der Waals surface area (Å²) in [7, 11) is 0. The summed E-state index contributed by atoms with van der Waals surface area (Å²) < 4.78 is 23.9. The fraction of sp³-hybridized carbons (Fsp3) is 0.235. The van der Waals surface area contributed by atoms with Gasteiger partial charge in [-0.05, 0) is 43.3 Å². The Hall–Kier alpha value is -2.76. The van der Waals surface area contributed by atoms with Gasteiger partial charge in [-0.3, -0.25) is 0 Å². The SMILES string of the molecule is CCOc1ccc(NC(=O)NCCOc2ccccc2F)cc1. The average Bonchev–Trinajstić information content (AvgIpc) is 2.55. The van der Waals surface area contributed by atoms with Crippen molar-refractivity contribution < 1.29 is 18.7 Å². The van der Waals surface area contributed by atoms with Crippen LogP contribution in [0.25, 0.3) is 0 Å². The Morgan fingerprint density at radius 3 is 2.52 bits per heavy atom. The third-order valence-corrected chi connectivity index (χ3v) is 2.91. The van der Waals surface area contributed by atoms with Crippen LogP contribution in [0.4, 0.5) is 14.9 Å². The second-order valence-corrected chi connectivity index (χ2v) is 4.62. The average molecular weight is 318 g/mol. The fourth-order valence-electron chi connectivity index (χ4n) is 1.86. The zero-order chi connectivity index (χ0) is 16.5. The minimum absolute atomic E-state index is 0.168. The van der Waals surface area contributed by atoms with Crippen LogP contribution < -0.4 is 20.1 Å². The molecular formula is C17H19FN2O3. The summed E-state index contributed by atoms with van der Waals surface area (Å²) in [5, 5.41) is 5.32. The van der Waals surface area contributed by atoms with E-state index in [1.807, 2.05) is 6.92 Å². The standard InChI is InChI=1S/C17H19FN2O3/c1-2-22-14-9-7-13(8-10-14)20-17(21)19-11-12-23-16-6-4-3-5-15(16)18/h3-10H,2,11-12H2,1H3,(H2,19,20,21). The van der Waals surface area contributed by atoms with Gasteiger partial charge in [0.15, 0.2) is 11.6 Å². The maximum Gasteiger partial charge on any atom is 0.319 e. The summed E-state index contributed by atoms with van der Waals surface area (Å²) in [6.45, 7) is 2.94. The predicted octanol–water partition coefficient (Wildman–Crippen LogP) is 3.42. The molecule has 0 aromatic heterocycles. The topological polar surface area (TPSA) is 59.6 Å². The van der Waals surface area contributed by atoms with E-state index in [1.165, 1.54) is 12.1 Å². The summed E-state index contributed by atoms with van der Waals surface area (Å²) in [5.41, 5.74) is 0.654. The molecule has 0 aliphatic carbocycles. The number of carbonyl (C=O) groups is 1. The van der Waals surface area contributed by atoms with Gasteiger partial charge in [-0.2, -0.15) is 0 Å². The Balaban J connectivity index is 1.70. The number of para-hydroxylation sites is 1. The van der Waals surface area contributed by atoms with Crippen LogP contribution in [0.1, 0.15) is 6.92 Å². The smallest absolute Gasteiger partial charge is 0.319 e. The van der Waals surface area contributed by atoms with E-state index in [2.05, 4.69) is 10.6 Å². The van der Waals surface area contributed by atoms with Gasteiger partial charge in [0.05, 0.1) is 13.2 Å². The zero-order valence-electron chi connectivity index (χ0n) is 12.8. The van der Waals surface area contributed by atoms with Gasteiger partial charge >= 0.3 is 6.03 Å². The maximum absolute atomic E-state index is 13.3. The molecule has 2 N–H and O–H groups in total. The van der Waals surface area contributed by atoms with Crippen LogP contribution in [0.5, 0.6) is 11.5 Å². The summed E-state index contributed by atoms with van der Waals surface area (Å²) in [5.74, 6) is 0.490. The molecule has 0 unspecified atom stereocenters. The highest BCUT2D eigenvalue weighted by Gasteiger charge is 2.03. The molecule has 6 heteroatoms. The molecule has 0 aliphatic rings. The molecule has 0 aliphatic heterocycles. The first-order valence-corrected chi connectivity index (χ1v) is 7.34. The number of nitrogens with one attached hydrogen (secondary N) is 2. The number of urea groups is 1. The Morgan fingerprint density at radius 2 is 1.83 bits per heavy atom. The van der Waals surface area contributed by atoms with Crippen molar-refractivity contribution in [2.24, 2.45) is 0 Å². The minimum atomic E-state index is -0.425. The summed E-state index contributed by atoms with van der Waals surface area (Å²) >= 11 is 0. The normalized spacial score (nSPS) is 10.0. The van der Waals surface area contributed by atoms with Gasteiger partial charge in [-0.1, -0.05) is 12.1 Å². The Kier molecular flexibility index (Phi) is 6.23. The monoisotopic (exact) mass is 318 g/mol. The number of carbonyl (C=O) groups excluding carboxylic acids is 1. The molecule has 0 radical (unpaired) electrons. The molecule has 5 nitrogen and oxygen atoms in total. The second kappa shape index (κ2) is 8.63. The predicted molar refractivity (Wildman–Crippen MR) is 86.5 cm³/mol. The van der Waals surface area contributed by atoms with Crippen LogP contribution in [-0.2, 0) is 0 Å². The molecule has 122 valence electrons. The number of ether oxygens (including phenoxy) is 2. The van der Waals surface area contributed by atoms with Gasteiger partial charge < -0.3 is 20.1 Å². The molecule has 2 amide bonds. The fourth-order valence-corrected chi connectivity index (χ4v) is 1.86. The van der Waals surface area contributed by atoms with Crippen LogP contribution in [0.15, 0.2) is 48.5 Å². The molecule has 0 saturated heterocycles. The van der Waals surface area contributed by atoms with Crippen molar-refractivity contribution in [3.8, 4) is 11.5 Å².